The molecule has 7 heteroatoms. The lowest BCUT2D eigenvalue weighted by Crippen LogP contribution is -2.35. The number of H-pyrrole nitrogens is 1. The minimum Gasteiger partial charge on any atom is -0.380 e. The highest BCUT2D eigenvalue weighted by Crippen LogP contribution is 2.37. The molecule has 1 saturated heterocycles. The molecule has 1 N–H and O–H groups in total. The van der Waals surface area contributed by atoms with Gasteiger partial charge >= 0.3 is 0 Å². The van der Waals surface area contributed by atoms with Crippen molar-refractivity contribution >= 4 is 20.9 Å². The number of hydrogen-bond acceptors (Lipinski definition) is 3. The van der Waals surface area contributed by atoms with Crippen LogP contribution in [0.2, 0.25) is 0 Å². The Hall–Kier alpha value is -2.22. The van der Waals surface area contributed by atoms with E-state index in [0.717, 1.165) is 34.0 Å². The molecule has 1 atom stereocenters. The van der Waals surface area contributed by atoms with Gasteiger partial charge in [0, 0.05) is 35.8 Å². The maximum Gasteiger partial charge on any atom is 0.244 e. The number of nitrogens with one attached hydrogen (secondary N) is 1. The molecule has 0 radical (unpaired) electrons. The van der Waals surface area contributed by atoms with E-state index in [1.807, 2.05) is 18.3 Å². The molecule has 2 aliphatic rings. The van der Waals surface area contributed by atoms with E-state index < -0.39 is 10.0 Å². The van der Waals surface area contributed by atoms with Crippen LogP contribution in [0, 0.1) is 5.82 Å². The number of halogens is 1. The van der Waals surface area contributed by atoms with Crippen LogP contribution >= 0.6 is 0 Å². The summed E-state index contributed by atoms with van der Waals surface area (Å²) in [7, 11) is -3.47. The number of hydrogen-bond donors (Lipinski definition) is 1. The number of rotatable bonds is 2. The number of ether oxygens (including phenoxy) is 1. The van der Waals surface area contributed by atoms with Crippen molar-refractivity contribution in [3.8, 4) is 11.1 Å². The molecule has 3 heterocycles. The lowest BCUT2D eigenvalue weighted by molar-refractivity contribution is 0.176. The molecule has 0 amide bonds. The summed E-state index contributed by atoms with van der Waals surface area (Å²) >= 11 is 0. The summed E-state index contributed by atoms with van der Waals surface area (Å²) in [5.41, 5.74) is 3.37. The van der Waals surface area contributed by atoms with E-state index in [1.54, 1.807) is 16.4 Å². The van der Waals surface area contributed by atoms with Crippen molar-refractivity contribution in [3.05, 3.63) is 54.0 Å². The largest absolute Gasteiger partial charge is 0.380 e. The molecule has 2 aliphatic heterocycles. The molecule has 0 unspecified atom stereocenters. The Balaban J connectivity index is 1.58. The fourth-order valence-electron chi connectivity index (χ4n) is 3.91. The van der Waals surface area contributed by atoms with Crippen molar-refractivity contribution in [3.63, 3.8) is 0 Å². The van der Waals surface area contributed by atoms with Crippen LogP contribution < -0.4 is 0 Å². The van der Waals surface area contributed by atoms with E-state index >= 15 is 0 Å². The number of benzene rings is 2. The summed E-state index contributed by atoms with van der Waals surface area (Å²) in [5.74, 6) is -0.291. The van der Waals surface area contributed by atoms with Crippen molar-refractivity contribution in [2.75, 3.05) is 13.2 Å². The fraction of sp³-hybridized carbons (Fsp3) is 0.263. The summed E-state index contributed by atoms with van der Waals surface area (Å²) in [6.45, 7) is 1.43. The zero-order valence-electron chi connectivity index (χ0n) is 13.9. The highest BCUT2D eigenvalue weighted by molar-refractivity contribution is 7.89. The van der Waals surface area contributed by atoms with E-state index in [2.05, 4.69) is 4.98 Å². The van der Waals surface area contributed by atoms with Crippen LogP contribution in [0.3, 0.4) is 0 Å². The smallest absolute Gasteiger partial charge is 0.244 e. The van der Waals surface area contributed by atoms with Crippen molar-refractivity contribution < 1.29 is 17.5 Å². The molecular weight excluding hydrogens is 355 g/mol. The first-order valence-electron chi connectivity index (χ1n) is 8.53. The first kappa shape index (κ1) is 16.0. The number of aromatic amines is 1. The van der Waals surface area contributed by atoms with Gasteiger partial charge in [-0.2, -0.15) is 4.31 Å². The van der Waals surface area contributed by atoms with Crippen LogP contribution in [0.25, 0.3) is 22.0 Å². The van der Waals surface area contributed by atoms with Gasteiger partial charge in [-0.3, -0.25) is 0 Å². The van der Waals surface area contributed by atoms with Crippen LogP contribution in [-0.2, 0) is 21.3 Å². The Kier molecular flexibility index (Phi) is 3.47. The summed E-state index contributed by atoms with van der Waals surface area (Å²) < 4.78 is 46.0. The van der Waals surface area contributed by atoms with Gasteiger partial charge in [0.1, 0.15) is 5.82 Å². The second kappa shape index (κ2) is 5.64. The normalized spacial score (nSPS) is 22.1. The lowest BCUT2D eigenvalue weighted by Gasteiger charge is -2.20. The second-order valence-electron chi connectivity index (χ2n) is 6.78. The van der Waals surface area contributed by atoms with Gasteiger partial charge in [-0.25, -0.2) is 12.8 Å². The molecule has 1 fully saturated rings. The standard InChI is InChI=1S/C19H17FN2O3S/c20-14-2-3-16-17(9-21-18(16)8-14)12-1-4-19-13(7-12)10-22(26(19,23)24)15-5-6-25-11-15/h1-4,7-9,15,21H,5-6,10-11H2/t15-/m0/s1. The first-order chi connectivity index (χ1) is 12.5. The molecule has 0 aliphatic carbocycles. The Morgan fingerprint density at radius 3 is 2.88 bits per heavy atom. The maximum atomic E-state index is 13.4. The number of aromatic nitrogens is 1. The van der Waals surface area contributed by atoms with Gasteiger partial charge in [0.05, 0.1) is 17.5 Å². The lowest BCUT2D eigenvalue weighted by atomic mass is 10.0. The van der Waals surface area contributed by atoms with Gasteiger partial charge in [0.2, 0.25) is 10.0 Å². The average Bonchev–Trinajstić information content (AvgIpc) is 3.32. The van der Waals surface area contributed by atoms with Crippen LogP contribution in [0.4, 0.5) is 4.39 Å². The average molecular weight is 372 g/mol. The predicted octanol–water partition coefficient (Wildman–Crippen LogP) is 3.27. The van der Waals surface area contributed by atoms with Gasteiger partial charge < -0.3 is 9.72 Å². The first-order valence-corrected chi connectivity index (χ1v) is 9.97. The molecule has 5 nitrogen and oxygen atoms in total. The maximum absolute atomic E-state index is 13.4. The number of nitrogens with zero attached hydrogens (tertiary/aromatic N) is 1. The zero-order valence-corrected chi connectivity index (χ0v) is 14.7. The SMILES string of the molecule is O=S1(=O)c2ccc(-c3c[nH]c4cc(F)ccc34)cc2CN1[C@H]1CCOC1. The van der Waals surface area contributed by atoms with Crippen molar-refractivity contribution in [2.45, 2.75) is 23.9 Å². The van der Waals surface area contributed by atoms with Gasteiger partial charge in [0.15, 0.2) is 0 Å². The van der Waals surface area contributed by atoms with E-state index in [4.69, 9.17) is 4.74 Å². The Morgan fingerprint density at radius 1 is 1.19 bits per heavy atom. The summed E-state index contributed by atoms with van der Waals surface area (Å²) in [5, 5.41) is 0.910. The highest BCUT2D eigenvalue weighted by Gasteiger charge is 2.40. The fourth-order valence-corrected chi connectivity index (χ4v) is 5.73. The van der Waals surface area contributed by atoms with Gasteiger partial charge in [-0.15, -0.1) is 0 Å². The van der Waals surface area contributed by atoms with Crippen LogP contribution in [0.15, 0.2) is 47.5 Å². The van der Waals surface area contributed by atoms with E-state index in [0.29, 0.717) is 24.7 Å². The Morgan fingerprint density at radius 2 is 2.08 bits per heavy atom. The zero-order chi connectivity index (χ0) is 17.9. The van der Waals surface area contributed by atoms with Crippen molar-refractivity contribution in [2.24, 2.45) is 0 Å². The molecule has 0 saturated carbocycles. The molecule has 134 valence electrons. The van der Waals surface area contributed by atoms with Crippen molar-refractivity contribution in [1.82, 2.24) is 9.29 Å². The van der Waals surface area contributed by atoms with Gasteiger partial charge in [-0.05, 0) is 47.9 Å². The van der Waals surface area contributed by atoms with Crippen molar-refractivity contribution in [1.29, 1.82) is 0 Å². The topological polar surface area (TPSA) is 62.4 Å². The predicted molar refractivity (Wildman–Crippen MR) is 95.6 cm³/mol. The second-order valence-corrected chi connectivity index (χ2v) is 8.64. The minimum absolute atomic E-state index is 0.0908. The van der Waals surface area contributed by atoms with E-state index in [-0.39, 0.29) is 11.9 Å². The molecular formula is C19H17FN2O3S. The minimum atomic E-state index is -3.47. The van der Waals surface area contributed by atoms with E-state index in [9.17, 15) is 12.8 Å². The molecule has 0 spiro atoms. The molecule has 5 rings (SSSR count). The van der Waals surface area contributed by atoms with Gasteiger partial charge in [0.25, 0.3) is 0 Å². The Bertz CT molecular complexity index is 1120. The number of fused-ring (bicyclic) bond motifs is 2. The molecule has 3 aromatic rings. The summed E-state index contributed by atoms with van der Waals surface area (Å²) in [4.78, 5) is 3.45. The Labute approximate surface area is 150 Å². The third-order valence-electron chi connectivity index (χ3n) is 5.24. The third-order valence-corrected chi connectivity index (χ3v) is 7.24. The van der Waals surface area contributed by atoms with Gasteiger partial charge in [-0.1, -0.05) is 6.07 Å². The third kappa shape index (κ3) is 2.31. The molecule has 0 bridgehead atoms. The van der Waals surface area contributed by atoms with Crippen LogP contribution in [0.1, 0.15) is 12.0 Å². The molecule has 1 aromatic heterocycles. The van der Waals surface area contributed by atoms with Crippen LogP contribution in [-0.4, -0.2) is 37.0 Å². The van der Waals surface area contributed by atoms with Crippen LogP contribution in [0.5, 0.6) is 0 Å². The van der Waals surface area contributed by atoms with E-state index in [1.165, 1.54) is 12.1 Å². The molecule has 2 aromatic carbocycles. The highest BCUT2D eigenvalue weighted by atomic mass is 32.2. The summed E-state index contributed by atoms with van der Waals surface area (Å²) in [6.07, 6.45) is 2.56. The quantitative estimate of drug-likeness (QED) is 0.751. The molecule has 26 heavy (non-hydrogen) atoms. The number of sulfonamides is 1. The summed E-state index contributed by atoms with van der Waals surface area (Å²) in [6, 6.07) is 9.96. The monoisotopic (exact) mass is 372 g/mol.